The number of aromatic nitrogens is 3. The molecule has 2 N–H and O–H groups in total. The van der Waals surface area contributed by atoms with Gasteiger partial charge in [-0.2, -0.15) is 0 Å². The highest BCUT2D eigenvalue weighted by Gasteiger charge is 2.15. The van der Waals surface area contributed by atoms with Crippen LogP contribution >= 0.6 is 0 Å². The molecule has 3 heterocycles. The van der Waals surface area contributed by atoms with E-state index in [-0.39, 0.29) is 24.9 Å². The van der Waals surface area contributed by atoms with E-state index in [1.807, 2.05) is 22.6 Å². The fraction of sp³-hybridized carbons (Fsp3) is 0.174. The van der Waals surface area contributed by atoms with Gasteiger partial charge >= 0.3 is 0 Å². The number of anilines is 1. The topological polar surface area (TPSA) is 89.8 Å². The van der Waals surface area contributed by atoms with Crippen molar-refractivity contribution in [3.8, 4) is 22.8 Å². The van der Waals surface area contributed by atoms with Crippen molar-refractivity contribution in [1.82, 2.24) is 19.7 Å². The number of hydrogen-bond acceptors (Lipinski definition) is 6. The minimum Gasteiger partial charge on any atom is -0.454 e. The predicted octanol–water partition coefficient (Wildman–Crippen LogP) is 3.38. The molecule has 9 heteroatoms. The average molecular weight is 433 g/mol. The van der Waals surface area contributed by atoms with Crippen LogP contribution in [0.3, 0.4) is 0 Å². The molecule has 0 aliphatic carbocycles. The molecule has 0 radical (unpaired) electrons. The number of rotatable bonds is 7. The molecular formula is C23H20FN5O3. The molecule has 2 aromatic heterocycles. The van der Waals surface area contributed by atoms with Gasteiger partial charge in [-0.05, 0) is 42.0 Å². The van der Waals surface area contributed by atoms with E-state index in [2.05, 4.69) is 20.6 Å². The van der Waals surface area contributed by atoms with E-state index in [9.17, 15) is 9.18 Å². The lowest BCUT2D eigenvalue weighted by Gasteiger charge is -2.10. The van der Waals surface area contributed by atoms with Crippen LogP contribution in [0.1, 0.15) is 12.0 Å². The van der Waals surface area contributed by atoms with Crippen LogP contribution in [0.4, 0.5) is 10.2 Å². The van der Waals surface area contributed by atoms with Crippen LogP contribution in [0.2, 0.25) is 0 Å². The van der Waals surface area contributed by atoms with Crippen LogP contribution in [0.5, 0.6) is 11.5 Å². The molecule has 0 saturated carbocycles. The fourth-order valence-electron chi connectivity index (χ4n) is 3.52. The van der Waals surface area contributed by atoms with Crippen LogP contribution in [-0.4, -0.2) is 33.6 Å². The van der Waals surface area contributed by atoms with Crippen LogP contribution in [0.15, 0.2) is 61.1 Å². The maximum atomic E-state index is 13.4. The Hall–Kier alpha value is -4.14. The van der Waals surface area contributed by atoms with E-state index in [4.69, 9.17) is 9.47 Å². The summed E-state index contributed by atoms with van der Waals surface area (Å²) in [6.45, 7) is 1.02. The summed E-state index contributed by atoms with van der Waals surface area (Å²) in [4.78, 5) is 21.1. The minimum atomic E-state index is -0.312. The Labute approximate surface area is 183 Å². The third-order valence-corrected chi connectivity index (χ3v) is 5.12. The number of halogens is 1. The third kappa shape index (κ3) is 4.04. The number of imidazole rings is 1. The second-order valence-electron chi connectivity index (χ2n) is 7.26. The van der Waals surface area contributed by atoms with Crippen molar-refractivity contribution in [1.29, 1.82) is 0 Å². The van der Waals surface area contributed by atoms with Gasteiger partial charge in [0.05, 0.1) is 6.20 Å². The Morgan fingerprint density at radius 1 is 1.12 bits per heavy atom. The first-order valence-electron chi connectivity index (χ1n) is 10.1. The molecule has 1 amide bonds. The molecule has 8 nitrogen and oxygen atoms in total. The van der Waals surface area contributed by atoms with E-state index in [0.717, 1.165) is 16.9 Å². The van der Waals surface area contributed by atoms with Gasteiger partial charge in [0.1, 0.15) is 17.3 Å². The Balaban J connectivity index is 1.23. The number of hydrogen-bond donors (Lipinski definition) is 2. The normalized spacial score (nSPS) is 12.2. The van der Waals surface area contributed by atoms with Gasteiger partial charge in [0.15, 0.2) is 17.1 Å². The largest absolute Gasteiger partial charge is 0.454 e. The summed E-state index contributed by atoms with van der Waals surface area (Å²) in [7, 11) is 0. The molecular weight excluding hydrogens is 413 g/mol. The maximum Gasteiger partial charge on any atom is 0.231 e. The molecule has 1 aliphatic heterocycles. The second-order valence-corrected chi connectivity index (χ2v) is 7.26. The van der Waals surface area contributed by atoms with E-state index in [1.54, 1.807) is 30.7 Å². The van der Waals surface area contributed by atoms with E-state index >= 15 is 0 Å². The molecule has 0 unspecified atom stereocenters. The minimum absolute atomic E-state index is 0.0889. The van der Waals surface area contributed by atoms with Crippen LogP contribution in [0.25, 0.3) is 16.9 Å². The molecule has 0 spiro atoms. The molecule has 2 aromatic carbocycles. The number of nitrogens with one attached hydrogen (secondary N) is 2. The molecule has 162 valence electrons. The van der Waals surface area contributed by atoms with Crippen molar-refractivity contribution in [2.75, 3.05) is 18.7 Å². The molecule has 0 bridgehead atoms. The first kappa shape index (κ1) is 19.8. The van der Waals surface area contributed by atoms with Crippen molar-refractivity contribution in [3.05, 3.63) is 72.4 Å². The highest BCUT2D eigenvalue weighted by molar-refractivity contribution is 5.78. The Morgan fingerprint density at radius 2 is 1.97 bits per heavy atom. The predicted molar refractivity (Wildman–Crippen MR) is 116 cm³/mol. The summed E-state index contributed by atoms with van der Waals surface area (Å²) < 4.78 is 25.9. The van der Waals surface area contributed by atoms with Gasteiger partial charge in [0.2, 0.25) is 12.7 Å². The number of carbonyl (C=O) groups is 1. The highest BCUT2D eigenvalue weighted by Crippen LogP contribution is 2.32. The van der Waals surface area contributed by atoms with E-state index < -0.39 is 0 Å². The summed E-state index contributed by atoms with van der Waals surface area (Å²) in [5, 5.41) is 6.20. The van der Waals surface area contributed by atoms with Crippen molar-refractivity contribution in [2.24, 2.45) is 0 Å². The van der Waals surface area contributed by atoms with Crippen molar-refractivity contribution in [3.63, 3.8) is 0 Å². The summed E-state index contributed by atoms with van der Waals surface area (Å²) in [6, 6.07) is 11.7. The van der Waals surface area contributed by atoms with E-state index in [1.165, 1.54) is 12.1 Å². The number of fused-ring (bicyclic) bond motifs is 2. The van der Waals surface area contributed by atoms with Crippen molar-refractivity contribution in [2.45, 2.75) is 13.0 Å². The second kappa shape index (κ2) is 8.54. The van der Waals surface area contributed by atoms with Crippen molar-refractivity contribution >= 4 is 17.4 Å². The summed E-state index contributed by atoms with van der Waals surface area (Å²) in [6.07, 6.45) is 5.37. The van der Waals surface area contributed by atoms with E-state index in [0.29, 0.717) is 35.9 Å². The van der Waals surface area contributed by atoms with Crippen LogP contribution in [-0.2, 0) is 11.3 Å². The number of amides is 1. The number of nitrogens with zero attached hydrogens (tertiary/aromatic N) is 3. The Kier molecular flexibility index (Phi) is 5.29. The third-order valence-electron chi connectivity index (χ3n) is 5.12. The van der Waals surface area contributed by atoms with Crippen LogP contribution in [0, 0.1) is 5.82 Å². The molecule has 0 saturated heterocycles. The molecule has 5 rings (SSSR count). The van der Waals surface area contributed by atoms with Crippen molar-refractivity contribution < 1.29 is 18.7 Å². The monoisotopic (exact) mass is 433 g/mol. The number of ether oxygens (including phenoxy) is 2. The summed E-state index contributed by atoms with van der Waals surface area (Å²) in [5.41, 5.74) is 3.02. The smallest absolute Gasteiger partial charge is 0.231 e. The Bertz CT molecular complexity index is 1270. The van der Waals surface area contributed by atoms with Gasteiger partial charge in [-0.3, -0.25) is 14.2 Å². The summed E-state index contributed by atoms with van der Waals surface area (Å²) in [5.74, 6) is 1.72. The van der Waals surface area contributed by atoms with Gasteiger partial charge in [-0.15, -0.1) is 0 Å². The van der Waals surface area contributed by atoms with Crippen LogP contribution < -0.4 is 20.1 Å². The zero-order valence-electron chi connectivity index (χ0n) is 17.0. The zero-order valence-corrected chi connectivity index (χ0v) is 17.0. The molecule has 0 fully saturated rings. The summed E-state index contributed by atoms with van der Waals surface area (Å²) >= 11 is 0. The SMILES string of the molecule is O=C(CCNc1c(-c2ccc(F)cc2)nc2cnccn12)NCc1ccc2c(c1)OCO2. The van der Waals surface area contributed by atoms with Gasteiger partial charge in [0, 0.05) is 37.5 Å². The average Bonchev–Trinajstić information content (AvgIpc) is 3.43. The molecule has 0 atom stereocenters. The Morgan fingerprint density at radius 3 is 2.84 bits per heavy atom. The quantitative estimate of drug-likeness (QED) is 0.465. The van der Waals surface area contributed by atoms with Gasteiger partial charge in [-0.25, -0.2) is 9.37 Å². The van der Waals surface area contributed by atoms with Gasteiger partial charge in [0.25, 0.3) is 0 Å². The lowest BCUT2D eigenvalue weighted by Crippen LogP contribution is -2.25. The lowest BCUT2D eigenvalue weighted by atomic mass is 10.1. The first-order valence-corrected chi connectivity index (χ1v) is 10.1. The first-order chi connectivity index (χ1) is 15.7. The molecule has 4 aromatic rings. The highest BCUT2D eigenvalue weighted by atomic mass is 19.1. The number of carbonyl (C=O) groups excluding carboxylic acids is 1. The maximum absolute atomic E-state index is 13.4. The molecule has 1 aliphatic rings. The number of benzene rings is 2. The standard InChI is InChI=1S/C23H20FN5O3/c24-17-4-2-16(3-5-17)22-23(29-10-9-25-13-20(29)28-22)26-8-7-21(30)27-12-15-1-6-18-19(11-15)32-14-31-18/h1-6,9-11,13,26H,7-8,12,14H2,(H,27,30). The van der Waals surface area contributed by atoms with Gasteiger partial charge in [-0.1, -0.05) is 6.07 Å². The lowest BCUT2D eigenvalue weighted by molar-refractivity contribution is -0.121. The fourth-order valence-corrected chi connectivity index (χ4v) is 3.52. The zero-order chi connectivity index (χ0) is 21.9. The van der Waals surface area contributed by atoms with Gasteiger partial charge < -0.3 is 20.1 Å². The molecule has 32 heavy (non-hydrogen) atoms.